The van der Waals surface area contributed by atoms with Crippen molar-refractivity contribution in [1.29, 1.82) is 0 Å². The number of hydrogen-bond acceptors (Lipinski definition) is 3. The molecule has 4 rings (SSSR count). The number of urea groups is 1. The first-order valence-electron chi connectivity index (χ1n) is 11.0. The Bertz CT molecular complexity index is 739. The Morgan fingerprint density at radius 1 is 1.10 bits per heavy atom. The molecule has 1 saturated heterocycles. The third-order valence-electron chi connectivity index (χ3n) is 7.68. The second kappa shape index (κ2) is 7.98. The van der Waals surface area contributed by atoms with Crippen molar-refractivity contribution in [3.63, 3.8) is 0 Å². The zero-order valence-corrected chi connectivity index (χ0v) is 17.7. The van der Waals surface area contributed by atoms with Gasteiger partial charge in [-0.15, -0.1) is 0 Å². The van der Waals surface area contributed by atoms with Crippen LogP contribution >= 0.6 is 0 Å². The normalized spacial score (nSPS) is 29.9. The predicted octanol–water partition coefficient (Wildman–Crippen LogP) is 2.70. The van der Waals surface area contributed by atoms with Crippen molar-refractivity contribution in [3.8, 4) is 0 Å². The number of amides is 3. The second-order valence-electron chi connectivity index (χ2n) is 9.14. The van der Waals surface area contributed by atoms with E-state index in [9.17, 15) is 9.59 Å². The van der Waals surface area contributed by atoms with Crippen molar-refractivity contribution in [2.75, 3.05) is 33.7 Å². The highest BCUT2D eigenvalue weighted by molar-refractivity contribution is 5.85. The third-order valence-corrected chi connectivity index (χ3v) is 7.68. The van der Waals surface area contributed by atoms with Gasteiger partial charge >= 0.3 is 6.03 Å². The summed E-state index contributed by atoms with van der Waals surface area (Å²) in [5, 5.41) is 6.26. The molecule has 0 radical (unpaired) electrons. The first kappa shape index (κ1) is 20.2. The highest BCUT2D eigenvalue weighted by atomic mass is 16.2. The molecule has 6 nitrogen and oxygen atoms in total. The van der Waals surface area contributed by atoms with Gasteiger partial charge in [0, 0.05) is 25.7 Å². The highest BCUT2D eigenvalue weighted by Gasteiger charge is 2.54. The van der Waals surface area contributed by atoms with E-state index in [1.165, 1.54) is 24.8 Å². The van der Waals surface area contributed by atoms with E-state index in [0.717, 1.165) is 32.2 Å². The molecule has 2 aliphatic carbocycles. The predicted molar refractivity (Wildman–Crippen MR) is 113 cm³/mol. The van der Waals surface area contributed by atoms with E-state index in [0.29, 0.717) is 12.5 Å². The van der Waals surface area contributed by atoms with Crippen molar-refractivity contribution < 1.29 is 9.59 Å². The van der Waals surface area contributed by atoms with Crippen LogP contribution in [0.25, 0.3) is 0 Å². The van der Waals surface area contributed by atoms with E-state index in [-0.39, 0.29) is 29.6 Å². The Morgan fingerprint density at radius 2 is 1.79 bits per heavy atom. The fourth-order valence-corrected chi connectivity index (χ4v) is 5.47. The van der Waals surface area contributed by atoms with Gasteiger partial charge in [0.2, 0.25) is 5.91 Å². The first-order valence-corrected chi connectivity index (χ1v) is 11.0. The van der Waals surface area contributed by atoms with Gasteiger partial charge in [-0.3, -0.25) is 4.79 Å². The number of carbonyl (C=O) groups is 2. The summed E-state index contributed by atoms with van der Waals surface area (Å²) in [5.41, 5.74) is 1.15. The van der Waals surface area contributed by atoms with Gasteiger partial charge in [-0.1, -0.05) is 36.8 Å². The number of benzene rings is 1. The molecule has 1 aliphatic heterocycles. The molecule has 3 fully saturated rings. The number of hydrogen-bond donors (Lipinski definition) is 2. The van der Waals surface area contributed by atoms with Crippen molar-refractivity contribution in [2.45, 2.75) is 56.0 Å². The molecule has 29 heavy (non-hydrogen) atoms. The maximum absolute atomic E-state index is 13.3. The SMILES string of the molecule is CNC(=O)CN1C[C@]2(CC[C@@](NC)(c3ccccc3)CC2)N(CC2CCC2)C1=O. The molecule has 158 valence electrons. The number of nitrogens with one attached hydrogen (secondary N) is 2. The van der Waals surface area contributed by atoms with E-state index in [2.05, 4.69) is 52.9 Å². The third kappa shape index (κ3) is 3.63. The standard InChI is InChI=1S/C23H34N4O2/c1-24-20(28)16-26-17-22(27(21(26)29)15-18-7-6-8-18)11-13-23(25-2,14-12-22)19-9-4-3-5-10-19/h3-5,9-10,18,25H,6-8,11-17H2,1-2H3,(H,24,28)/t22-,23+. The van der Waals surface area contributed by atoms with Gasteiger partial charge in [-0.05, 0) is 57.1 Å². The van der Waals surface area contributed by atoms with Crippen LogP contribution in [0.15, 0.2) is 30.3 Å². The molecule has 2 N–H and O–H groups in total. The summed E-state index contributed by atoms with van der Waals surface area (Å²) in [6.07, 6.45) is 7.64. The molecule has 0 aromatic heterocycles. The Balaban J connectivity index is 1.55. The molecule has 1 spiro atoms. The van der Waals surface area contributed by atoms with Crippen LogP contribution in [0.1, 0.15) is 50.5 Å². The molecular formula is C23H34N4O2. The van der Waals surface area contributed by atoms with Crippen LogP contribution in [0.3, 0.4) is 0 Å². The van der Waals surface area contributed by atoms with E-state index < -0.39 is 0 Å². The molecule has 0 unspecified atom stereocenters. The van der Waals surface area contributed by atoms with Gasteiger partial charge in [0.25, 0.3) is 0 Å². The monoisotopic (exact) mass is 398 g/mol. The summed E-state index contributed by atoms with van der Waals surface area (Å²) in [5.74, 6) is 0.532. The van der Waals surface area contributed by atoms with Crippen LogP contribution < -0.4 is 10.6 Å². The van der Waals surface area contributed by atoms with E-state index >= 15 is 0 Å². The van der Waals surface area contributed by atoms with Crippen LogP contribution in [-0.4, -0.2) is 61.0 Å². The van der Waals surface area contributed by atoms with Crippen molar-refractivity contribution in [2.24, 2.45) is 5.92 Å². The number of rotatable bonds is 6. The topological polar surface area (TPSA) is 64.7 Å². The smallest absolute Gasteiger partial charge is 0.321 e. The maximum Gasteiger partial charge on any atom is 0.321 e. The first-order chi connectivity index (χ1) is 14.0. The average molecular weight is 399 g/mol. The molecule has 1 aromatic rings. The van der Waals surface area contributed by atoms with E-state index in [4.69, 9.17) is 0 Å². The summed E-state index contributed by atoms with van der Waals surface area (Å²) in [6.45, 7) is 1.68. The molecule has 3 amide bonds. The lowest BCUT2D eigenvalue weighted by Crippen LogP contribution is -2.56. The minimum absolute atomic E-state index is 0.0358. The van der Waals surface area contributed by atoms with Crippen LogP contribution in [0.4, 0.5) is 4.79 Å². The van der Waals surface area contributed by atoms with E-state index in [1.54, 1.807) is 11.9 Å². The van der Waals surface area contributed by atoms with Gasteiger partial charge in [-0.25, -0.2) is 4.79 Å². The van der Waals surface area contributed by atoms with Gasteiger partial charge in [-0.2, -0.15) is 0 Å². The van der Waals surface area contributed by atoms with E-state index in [1.807, 2.05) is 0 Å². The van der Waals surface area contributed by atoms with Gasteiger partial charge in [0.1, 0.15) is 6.54 Å². The van der Waals surface area contributed by atoms with Crippen LogP contribution in [0.2, 0.25) is 0 Å². The Hall–Kier alpha value is -2.08. The lowest BCUT2D eigenvalue weighted by molar-refractivity contribution is -0.121. The van der Waals surface area contributed by atoms with Crippen molar-refractivity contribution >= 4 is 11.9 Å². The van der Waals surface area contributed by atoms with Crippen molar-refractivity contribution in [1.82, 2.24) is 20.4 Å². The van der Waals surface area contributed by atoms with Gasteiger partial charge in [0.05, 0.1) is 5.54 Å². The molecule has 3 aliphatic rings. The Kier molecular flexibility index (Phi) is 5.56. The van der Waals surface area contributed by atoms with Crippen LogP contribution in [-0.2, 0) is 10.3 Å². The molecular weight excluding hydrogens is 364 g/mol. The number of likely N-dealkylation sites (N-methyl/N-ethyl adjacent to an activating group) is 1. The Morgan fingerprint density at radius 3 is 2.34 bits per heavy atom. The number of nitrogens with zero attached hydrogens (tertiary/aromatic N) is 2. The van der Waals surface area contributed by atoms with Gasteiger partial charge in [0.15, 0.2) is 0 Å². The fourth-order valence-electron chi connectivity index (χ4n) is 5.47. The zero-order valence-electron chi connectivity index (χ0n) is 17.7. The summed E-state index contributed by atoms with van der Waals surface area (Å²) in [6, 6.07) is 10.7. The lowest BCUT2D eigenvalue weighted by atomic mass is 9.68. The molecule has 6 heteroatoms. The molecule has 1 heterocycles. The molecule has 0 bridgehead atoms. The minimum atomic E-state index is -0.143. The fraction of sp³-hybridized carbons (Fsp3) is 0.652. The summed E-state index contributed by atoms with van der Waals surface area (Å²) < 4.78 is 0. The summed E-state index contributed by atoms with van der Waals surface area (Å²) >= 11 is 0. The second-order valence-corrected chi connectivity index (χ2v) is 9.14. The summed E-state index contributed by atoms with van der Waals surface area (Å²) in [7, 11) is 3.68. The zero-order chi connectivity index (χ0) is 20.5. The minimum Gasteiger partial charge on any atom is -0.358 e. The molecule has 1 aromatic carbocycles. The highest BCUT2D eigenvalue weighted by Crippen LogP contribution is 2.47. The van der Waals surface area contributed by atoms with Crippen LogP contribution in [0, 0.1) is 5.92 Å². The van der Waals surface area contributed by atoms with Gasteiger partial charge < -0.3 is 20.4 Å². The lowest BCUT2D eigenvalue weighted by Gasteiger charge is -2.49. The average Bonchev–Trinajstić information content (AvgIpc) is 2.97. The quantitative estimate of drug-likeness (QED) is 0.774. The largest absolute Gasteiger partial charge is 0.358 e. The molecule has 0 atom stereocenters. The summed E-state index contributed by atoms with van der Waals surface area (Å²) in [4.78, 5) is 29.2. The Labute approximate surface area is 174 Å². The number of carbonyl (C=O) groups excluding carboxylic acids is 2. The molecule has 2 saturated carbocycles. The maximum atomic E-state index is 13.3. The van der Waals surface area contributed by atoms with Crippen molar-refractivity contribution in [3.05, 3.63) is 35.9 Å². The van der Waals surface area contributed by atoms with Crippen LogP contribution in [0.5, 0.6) is 0 Å².